The second-order valence-electron chi connectivity index (χ2n) is 7.09. The lowest BCUT2D eigenvalue weighted by atomic mass is 10.1. The summed E-state index contributed by atoms with van der Waals surface area (Å²) in [7, 11) is 1.32. The second-order valence-corrected chi connectivity index (χ2v) is 7.09. The van der Waals surface area contributed by atoms with E-state index in [0.29, 0.717) is 22.7 Å². The number of phenols is 1. The number of nitrogens with zero attached hydrogens (tertiary/aromatic N) is 3. The summed E-state index contributed by atoms with van der Waals surface area (Å²) in [6.45, 7) is 4.04. The molecule has 0 atom stereocenters. The number of ether oxygens (including phenoxy) is 1. The molecule has 0 unspecified atom stereocenters. The van der Waals surface area contributed by atoms with E-state index in [1.165, 1.54) is 19.4 Å². The van der Waals surface area contributed by atoms with Crippen LogP contribution in [-0.2, 0) is 0 Å². The minimum Gasteiger partial charge on any atom is -0.504 e. The van der Waals surface area contributed by atoms with Crippen molar-refractivity contribution in [1.82, 2.24) is 4.98 Å². The number of nitro groups is 1. The fraction of sp³-hybridized carbons (Fsp3) is 0.130. The van der Waals surface area contributed by atoms with Crippen LogP contribution in [0.3, 0.4) is 0 Å². The highest BCUT2D eigenvalue weighted by Crippen LogP contribution is 2.34. The fourth-order valence-corrected chi connectivity index (χ4v) is 3.28. The predicted molar refractivity (Wildman–Crippen MR) is 117 cm³/mol. The van der Waals surface area contributed by atoms with E-state index in [1.54, 1.807) is 18.2 Å². The molecule has 1 N–H and O–H groups in total. The third kappa shape index (κ3) is 3.95. The normalized spacial score (nSPS) is 11.3. The predicted octanol–water partition coefficient (Wildman–Crippen LogP) is 5.48. The van der Waals surface area contributed by atoms with Crippen molar-refractivity contribution in [3.8, 4) is 23.0 Å². The number of aliphatic imine (C=N–C) groups is 1. The van der Waals surface area contributed by atoms with Gasteiger partial charge in [-0.25, -0.2) is 4.98 Å². The van der Waals surface area contributed by atoms with Gasteiger partial charge in [-0.05, 0) is 43.7 Å². The molecule has 0 radical (unpaired) electrons. The van der Waals surface area contributed by atoms with Gasteiger partial charge in [0, 0.05) is 23.4 Å². The van der Waals surface area contributed by atoms with Crippen molar-refractivity contribution in [3.05, 3.63) is 75.3 Å². The summed E-state index contributed by atoms with van der Waals surface area (Å²) >= 11 is 0. The number of hydrogen-bond donors (Lipinski definition) is 1. The highest BCUT2D eigenvalue weighted by atomic mass is 16.6. The number of phenolic OH excluding ortho intramolecular Hbond substituents is 1. The van der Waals surface area contributed by atoms with Crippen LogP contribution in [0.1, 0.15) is 16.7 Å². The molecule has 1 heterocycles. The molecule has 4 aromatic rings. The minimum atomic E-state index is -0.560. The van der Waals surface area contributed by atoms with Crippen molar-refractivity contribution in [1.29, 1.82) is 0 Å². The summed E-state index contributed by atoms with van der Waals surface area (Å²) in [4.78, 5) is 19.5. The van der Waals surface area contributed by atoms with Gasteiger partial charge in [-0.15, -0.1) is 0 Å². The number of benzene rings is 3. The molecule has 156 valence electrons. The van der Waals surface area contributed by atoms with E-state index in [0.717, 1.165) is 22.8 Å². The largest absolute Gasteiger partial charge is 0.504 e. The van der Waals surface area contributed by atoms with Crippen molar-refractivity contribution < 1.29 is 19.2 Å². The standard InChI is InChI=1S/C23H19N3O5/c1-13-4-6-18(14(2)8-13)23-25-19-10-16(5-7-20(19)31-23)24-12-15-9-17(26(28)29)11-21(30-3)22(15)27/h4-12,27H,1-3H3. The van der Waals surface area contributed by atoms with E-state index in [-0.39, 0.29) is 22.7 Å². The Balaban J connectivity index is 1.69. The quantitative estimate of drug-likeness (QED) is 0.261. The Morgan fingerprint density at radius 3 is 2.68 bits per heavy atom. The molecular formula is C23H19N3O5. The number of aryl methyl sites for hydroxylation is 2. The first-order valence-electron chi connectivity index (χ1n) is 9.43. The van der Waals surface area contributed by atoms with Crippen LogP contribution in [0.5, 0.6) is 11.5 Å². The molecule has 0 amide bonds. The molecular weight excluding hydrogens is 398 g/mol. The summed E-state index contributed by atoms with van der Waals surface area (Å²) in [6, 6.07) is 13.7. The van der Waals surface area contributed by atoms with Gasteiger partial charge in [0.15, 0.2) is 17.1 Å². The lowest BCUT2D eigenvalue weighted by molar-refractivity contribution is -0.385. The average molecular weight is 417 g/mol. The maximum atomic E-state index is 11.1. The van der Waals surface area contributed by atoms with Gasteiger partial charge in [0.05, 0.1) is 23.8 Å². The average Bonchev–Trinajstić information content (AvgIpc) is 3.15. The molecule has 0 aliphatic carbocycles. The molecule has 3 aromatic carbocycles. The number of rotatable bonds is 5. The van der Waals surface area contributed by atoms with E-state index < -0.39 is 4.92 Å². The Bertz CT molecular complexity index is 1340. The Hall–Kier alpha value is -4.20. The number of non-ortho nitro benzene ring substituents is 1. The first kappa shape index (κ1) is 20.1. The van der Waals surface area contributed by atoms with Gasteiger partial charge >= 0.3 is 0 Å². The molecule has 0 spiro atoms. The van der Waals surface area contributed by atoms with Crippen molar-refractivity contribution >= 4 is 28.7 Å². The lowest BCUT2D eigenvalue weighted by Crippen LogP contribution is -1.94. The maximum absolute atomic E-state index is 11.1. The number of oxazole rings is 1. The van der Waals surface area contributed by atoms with Crippen LogP contribution in [0.2, 0.25) is 0 Å². The van der Waals surface area contributed by atoms with E-state index >= 15 is 0 Å². The molecule has 0 saturated carbocycles. The topological polar surface area (TPSA) is 111 Å². The third-order valence-electron chi connectivity index (χ3n) is 4.86. The molecule has 0 saturated heterocycles. The van der Waals surface area contributed by atoms with Gasteiger partial charge in [0.1, 0.15) is 5.52 Å². The number of aromatic nitrogens is 1. The zero-order valence-electron chi connectivity index (χ0n) is 17.1. The fourth-order valence-electron chi connectivity index (χ4n) is 3.28. The van der Waals surface area contributed by atoms with Crippen LogP contribution in [0.15, 0.2) is 57.9 Å². The SMILES string of the molecule is COc1cc([N+](=O)[O-])cc(C=Nc2ccc3oc(-c4ccc(C)cc4C)nc3c2)c1O. The molecule has 0 bridgehead atoms. The van der Waals surface area contributed by atoms with Gasteiger partial charge < -0.3 is 14.3 Å². The molecule has 4 rings (SSSR count). The number of methoxy groups -OCH3 is 1. The van der Waals surface area contributed by atoms with Crippen molar-refractivity contribution in [2.75, 3.05) is 7.11 Å². The van der Waals surface area contributed by atoms with Gasteiger partial charge in [0.25, 0.3) is 5.69 Å². The van der Waals surface area contributed by atoms with Gasteiger partial charge in [-0.3, -0.25) is 15.1 Å². The molecule has 1 aromatic heterocycles. The Morgan fingerprint density at radius 1 is 1.16 bits per heavy atom. The van der Waals surface area contributed by atoms with Gasteiger partial charge in [-0.1, -0.05) is 17.7 Å². The second kappa shape index (κ2) is 7.91. The highest BCUT2D eigenvalue weighted by molar-refractivity contribution is 5.89. The Labute approximate surface area is 177 Å². The molecule has 0 fully saturated rings. The van der Waals surface area contributed by atoms with Gasteiger partial charge in [0.2, 0.25) is 5.89 Å². The van der Waals surface area contributed by atoms with Crippen LogP contribution in [0.4, 0.5) is 11.4 Å². The summed E-state index contributed by atoms with van der Waals surface area (Å²) in [5.41, 5.74) is 4.91. The summed E-state index contributed by atoms with van der Waals surface area (Å²) < 4.78 is 10.9. The number of fused-ring (bicyclic) bond motifs is 1. The van der Waals surface area contributed by atoms with Crippen LogP contribution < -0.4 is 4.74 Å². The third-order valence-corrected chi connectivity index (χ3v) is 4.86. The van der Waals surface area contributed by atoms with Gasteiger partial charge in [-0.2, -0.15) is 0 Å². The number of nitro benzene ring substituents is 1. The molecule has 8 nitrogen and oxygen atoms in total. The Kier molecular flexibility index (Phi) is 5.12. The van der Waals surface area contributed by atoms with Crippen LogP contribution in [0, 0.1) is 24.0 Å². The smallest absolute Gasteiger partial charge is 0.274 e. The van der Waals surface area contributed by atoms with E-state index in [4.69, 9.17) is 9.15 Å². The van der Waals surface area contributed by atoms with Crippen LogP contribution >= 0.6 is 0 Å². The summed E-state index contributed by atoms with van der Waals surface area (Å²) in [5, 5.41) is 21.4. The van der Waals surface area contributed by atoms with E-state index in [1.807, 2.05) is 26.0 Å². The van der Waals surface area contributed by atoms with E-state index in [9.17, 15) is 15.2 Å². The molecule has 8 heteroatoms. The lowest BCUT2D eigenvalue weighted by Gasteiger charge is -2.05. The van der Waals surface area contributed by atoms with Crippen LogP contribution in [0.25, 0.3) is 22.6 Å². The zero-order valence-corrected chi connectivity index (χ0v) is 17.1. The van der Waals surface area contributed by atoms with Crippen molar-refractivity contribution in [3.63, 3.8) is 0 Å². The van der Waals surface area contributed by atoms with Crippen LogP contribution in [-0.4, -0.2) is 28.3 Å². The monoisotopic (exact) mass is 417 g/mol. The summed E-state index contributed by atoms with van der Waals surface area (Å²) in [5.74, 6) is 0.298. The molecule has 0 aliphatic heterocycles. The highest BCUT2D eigenvalue weighted by Gasteiger charge is 2.16. The first-order chi connectivity index (χ1) is 14.9. The minimum absolute atomic E-state index is 0.000660. The zero-order chi connectivity index (χ0) is 22.1. The summed E-state index contributed by atoms with van der Waals surface area (Å²) in [6.07, 6.45) is 1.34. The Morgan fingerprint density at radius 2 is 1.97 bits per heavy atom. The maximum Gasteiger partial charge on any atom is 0.274 e. The number of aromatic hydroxyl groups is 1. The molecule has 0 aliphatic rings. The van der Waals surface area contributed by atoms with Crippen molar-refractivity contribution in [2.24, 2.45) is 4.99 Å². The first-order valence-corrected chi connectivity index (χ1v) is 9.43. The number of hydrogen-bond acceptors (Lipinski definition) is 7. The van der Waals surface area contributed by atoms with Crippen molar-refractivity contribution in [2.45, 2.75) is 13.8 Å². The van der Waals surface area contributed by atoms with E-state index in [2.05, 4.69) is 16.0 Å². The molecule has 31 heavy (non-hydrogen) atoms.